The topological polar surface area (TPSA) is 61.6 Å². The lowest BCUT2D eigenvalue weighted by Gasteiger charge is -2.37. The van der Waals surface area contributed by atoms with Gasteiger partial charge in [-0.2, -0.15) is 0 Å². The number of para-hydroxylation sites is 1. The van der Waals surface area contributed by atoms with E-state index in [1.807, 2.05) is 18.2 Å². The summed E-state index contributed by atoms with van der Waals surface area (Å²) in [5.74, 6) is 0.0681. The Morgan fingerprint density at radius 1 is 1.17 bits per heavy atom. The van der Waals surface area contributed by atoms with Crippen LogP contribution < -0.4 is 11.1 Å². The number of nitrogens with two attached hydrogens (primary N) is 1. The minimum Gasteiger partial charge on any atom is -0.325 e. The van der Waals surface area contributed by atoms with Gasteiger partial charge in [0.2, 0.25) is 5.91 Å². The van der Waals surface area contributed by atoms with Crippen LogP contribution in [-0.2, 0) is 11.2 Å². The van der Waals surface area contributed by atoms with Gasteiger partial charge in [0.05, 0.1) is 6.54 Å². The van der Waals surface area contributed by atoms with E-state index in [1.54, 1.807) is 0 Å². The van der Waals surface area contributed by atoms with Crippen molar-refractivity contribution in [2.45, 2.75) is 32.7 Å². The highest BCUT2D eigenvalue weighted by atomic mass is 35.5. The molecule has 3 N–H and O–H groups in total. The summed E-state index contributed by atoms with van der Waals surface area (Å²) in [5, 5.41) is 3.04. The van der Waals surface area contributed by atoms with Gasteiger partial charge < -0.3 is 11.1 Å². The average molecular weight is 355 g/mol. The van der Waals surface area contributed by atoms with E-state index in [4.69, 9.17) is 5.73 Å². The molecule has 0 atom stereocenters. The van der Waals surface area contributed by atoms with Crippen LogP contribution in [0.3, 0.4) is 0 Å². The van der Waals surface area contributed by atoms with Gasteiger partial charge in [-0.3, -0.25) is 14.6 Å². The minimum absolute atomic E-state index is 0. The highest BCUT2D eigenvalue weighted by Gasteiger charge is 2.22. The van der Waals surface area contributed by atoms with Crippen LogP contribution in [0, 0.1) is 0 Å². The Bertz CT molecular complexity index is 522. The van der Waals surface area contributed by atoms with Crippen molar-refractivity contribution in [1.29, 1.82) is 0 Å². The molecule has 0 aliphatic carbocycles. The number of rotatable bonds is 6. The number of hydrogen-bond donors (Lipinski definition) is 2. The molecule has 1 aromatic rings. The smallest absolute Gasteiger partial charge is 0.238 e. The second-order valence-corrected chi connectivity index (χ2v) is 7.10. The fraction of sp³-hybridized carbons (Fsp3) is 0.611. The highest BCUT2D eigenvalue weighted by molar-refractivity contribution is 5.93. The number of nitrogens with one attached hydrogen (secondary N) is 1. The molecule has 24 heavy (non-hydrogen) atoms. The van der Waals surface area contributed by atoms with Crippen molar-refractivity contribution in [3.8, 4) is 0 Å². The first-order chi connectivity index (χ1) is 10.9. The molecule has 136 valence electrons. The molecule has 5 nitrogen and oxygen atoms in total. The van der Waals surface area contributed by atoms with Gasteiger partial charge in [-0.05, 0) is 31.9 Å². The van der Waals surface area contributed by atoms with Gasteiger partial charge in [-0.15, -0.1) is 12.4 Å². The molecule has 1 heterocycles. The summed E-state index contributed by atoms with van der Waals surface area (Å²) in [7, 11) is 0. The van der Waals surface area contributed by atoms with E-state index in [0.29, 0.717) is 6.54 Å². The Labute approximate surface area is 152 Å². The molecule has 0 saturated carbocycles. The van der Waals surface area contributed by atoms with E-state index < -0.39 is 0 Å². The molecule has 1 aromatic carbocycles. The Morgan fingerprint density at radius 2 is 1.75 bits per heavy atom. The maximum Gasteiger partial charge on any atom is 0.238 e. The number of carbonyl (C=O) groups is 1. The first-order valence-electron chi connectivity index (χ1n) is 8.49. The third-order valence-corrected chi connectivity index (χ3v) is 4.14. The Balaban J connectivity index is 0.00000288. The Kier molecular flexibility index (Phi) is 8.16. The number of amides is 1. The fourth-order valence-electron chi connectivity index (χ4n) is 3.03. The molecule has 0 aromatic heterocycles. The number of piperazine rings is 1. The van der Waals surface area contributed by atoms with Crippen LogP contribution in [0.1, 0.15) is 26.3 Å². The fourth-order valence-corrected chi connectivity index (χ4v) is 3.03. The molecule has 0 spiro atoms. The van der Waals surface area contributed by atoms with Crippen molar-refractivity contribution in [2.24, 2.45) is 5.73 Å². The van der Waals surface area contributed by atoms with Crippen LogP contribution in [0.4, 0.5) is 5.69 Å². The van der Waals surface area contributed by atoms with Crippen LogP contribution in [-0.4, -0.2) is 60.5 Å². The van der Waals surface area contributed by atoms with E-state index in [0.717, 1.165) is 44.8 Å². The number of benzene rings is 1. The summed E-state index contributed by atoms with van der Waals surface area (Å²) in [5.41, 5.74) is 8.02. The van der Waals surface area contributed by atoms with Crippen LogP contribution in [0.25, 0.3) is 0 Å². The van der Waals surface area contributed by atoms with Crippen molar-refractivity contribution >= 4 is 24.0 Å². The summed E-state index contributed by atoms with van der Waals surface area (Å²) in [4.78, 5) is 16.9. The lowest BCUT2D eigenvalue weighted by atomic mass is 10.1. The summed E-state index contributed by atoms with van der Waals surface area (Å²) in [6.45, 7) is 11.3. The molecule has 1 saturated heterocycles. The van der Waals surface area contributed by atoms with Crippen molar-refractivity contribution in [2.75, 3.05) is 44.6 Å². The van der Waals surface area contributed by atoms with E-state index in [-0.39, 0.29) is 23.9 Å². The zero-order valence-corrected chi connectivity index (χ0v) is 15.9. The molecule has 2 rings (SSSR count). The van der Waals surface area contributed by atoms with Crippen LogP contribution >= 0.6 is 12.4 Å². The van der Waals surface area contributed by atoms with Gasteiger partial charge in [0.1, 0.15) is 0 Å². The SMILES string of the molecule is CCc1ccccc1NC(=O)CN1CCN(CC(C)(C)N)CC1.Cl. The number of aryl methyl sites for hydroxylation is 1. The lowest BCUT2D eigenvalue weighted by molar-refractivity contribution is -0.117. The predicted octanol–water partition coefficient (Wildman–Crippen LogP) is 1.96. The largest absolute Gasteiger partial charge is 0.325 e. The molecule has 6 heteroatoms. The van der Waals surface area contributed by atoms with Gasteiger partial charge in [-0.1, -0.05) is 25.1 Å². The van der Waals surface area contributed by atoms with E-state index >= 15 is 0 Å². The van der Waals surface area contributed by atoms with Gasteiger partial charge >= 0.3 is 0 Å². The third-order valence-electron chi connectivity index (χ3n) is 4.14. The molecule has 1 fully saturated rings. The molecular formula is C18H31ClN4O. The maximum absolute atomic E-state index is 12.3. The van der Waals surface area contributed by atoms with Gasteiger partial charge in [0, 0.05) is 44.0 Å². The van der Waals surface area contributed by atoms with Crippen LogP contribution in [0.15, 0.2) is 24.3 Å². The van der Waals surface area contributed by atoms with Gasteiger partial charge in [0.25, 0.3) is 0 Å². The monoisotopic (exact) mass is 354 g/mol. The second kappa shape index (κ2) is 9.37. The first kappa shape index (κ1) is 20.9. The number of carbonyl (C=O) groups excluding carboxylic acids is 1. The molecule has 0 bridgehead atoms. The lowest BCUT2D eigenvalue weighted by Crippen LogP contribution is -2.53. The number of hydrogen-bond acceptors (Lipinski definition) is 4. The Hall–Kier alpha value is -1.14. The molecule has 0 unspecified atom stereocenters. The zero-order valence-electron chi connectivity index (χ0n) is 15.0. The van der Waals surface area contributed by atoms with E-state index in [9.17, 15) is 4.79 Å². The van der Waals surface area contributed by atoms with Crippen molar-refractivity contribution < 1.29 is 4.79 Å². The Morgan fingerprint density at radius 3 is 2.33 bits per heavy atom. The number of nitrogens with zero attached hydrogens (tertiary/aromatic N) is 2. The minimum atomic E-state index is -0.163. The zero-order chi connectivity index (χ0) is 16.9. The third kappa shape index (κ3) is 6.77. The predicted molar refractivity (Wildman–Crippen MR) is 103 cm³/mol. The normalized spacial score (nSPS) is 16.5. The van der Waals surface area contributed by atoms with Crippen LogP contribution in [0.5, 0.6) is 0 Å². The van der Waals surface area contributed by atoms with Crippen molar-refractivity contribution in [3.63, 3.8) is 0 Å². The average Bonchev–Trinajstić information content (AvgIpc) is 2.48. The molecular weight excluding hydrogens is 324 g/mol. The first-order valence-corrected chi connectivity index (χ1v) is 8.49. The van der Waals surface area contributed by atoms with E-state index in [2.05, 4.69) is 42.0 Å². The summed E-state index contributed by atoms with van der Waals surface area (Å²) in [6, 6.07) is 8.00. The second-order valence-electron chi connectivity index (χ2n) is 7.10. The van der Waals surface area contributed by atoms with E-state index in [1.165, 1.54) is 5.56 Å². The molecule has 0 radical (unpaired) electrons. The van der Waals surface area contributed by atoms with Gasteiger partial charge in [0.15, 0.2) is 0 Å². The van der Waals surface area contributed by atoms with Crippen molar-refractivity contribution in [1.82, 2.24) is 9.80 Å². The summed E-state index contributed by atoms with van der Waals surface area (Å²) >= 11 is 0. The quantitative estimate of drug-likeness (QED) is 0.819. The standard InChI is InChI=1S/C18H30N4O.ClH/c1-4-15-7-5-6-8-16(15)20-17(23)13-21-9-11-22(12-10-21)14-18(2,3)19;/h5-8H,4,9-14,19H2,1-3H3,(H,20,23);1H. The van der Waals surface area contributed by atoms with Crippen molar-refractivity contribution in [3.05, 3.63) is 29.8 Å². The summed E-state index contributed by atoms with van der Waals surface area (Å²) < 4.78 is 0. The molecule has 1 amide bonds. The molecule has 1 aliphatic heterocycles. The molecule has 1 aliphatic rings. The van der Waals surface area contributed by atoms with Crippen LogP contribution in [0.2, 0.25) is 0 Å². The number of halogens is 1. The summed E-state index contributed by atoms with van der Waals surface area (Å²) in [6.07, 6.45) is 0.921. The number of anilines is 1. The van der Waals surface area contributed by atoms with Gasteiger partial charge in [-0.25, -0.2) is 0 Å². The maximum atomic E-state index is 12.3. The highest BCUT2D eigenvalue weighted by Crippen LogP contribution is 2.15.